The van der Waals surface area contributed by atoms with Crippen LogP contribution in [0.1, 0.15) is 316 Å². The molecule has 0 aliphatic rings. The quantitative estimate of drug-likeness (QED) is 0.0261. The highest BCUT2D eigenvalue weighted by Gasteiger charge is 2.19. The second kappa shape index (κ2) is 63.1. The lowest BCUT2D eigenvalue weighted by molar-refractivity contribution is -0.166. The molecule has 6 heteroatoms. The Hall–Kier alpha value is -3.41. The lowest BCUT2D eigenvalue weighted by Crippen LogP contribution is -2.30. The van der Waals surface area contributed by atoms with Gasteiger partial charge in [0.15, 0.2) is 6.10 Å². The molecule has 6 nitrogen and oxygen atoms in total. The van der Waals surface area contributed by atoms with Crippen LogP contribution in [-0.4, -0.2) is 37.2 Å². The number of hydrogen-bond acceptors (Lipinski definition) is 6. The third kappa shape index (κ3) is 61.3. The largest absolute Gasteiger partial charge is 0.462 e. The highest BCUT2D eigenvalue weighted by molar-refractivity contribution is 5.71. The van der Waals surface area contributed by atoms with Gasteiger partial charge in [0.1, 0.15) is 13.2 Å². The Morgan fingerprint density at radius 3 is 0.893 bits per heavy atom. The van der Waals surface area contributed by atoms with Crippen LogP contribution < -0.4 is 0 Å². The Labute approximate surface area is 465 Å². The summed E-state index contributed by atoms with van der Waals surface area (Å²) in [7, 11) is 0. The van der Waals surface area contributed by atoms with E-state index in [4.69, 9.17) is 14.2 Å². The van der Waals surface area contributed by atoms with Gasteiger partial charge in [-0.3, -0.25) is 14.4 Å². The number of rotatable bonds is 58. The van der Waals surface area contributed by atoms with Gasteiger partial charge in [0, 0.05) is 19.3 Å². The third-order valence-electron chi connectivity index (χ3n) is 13.9. The Morgan fingerprint density at radius 1 is 0.280 bits per heavy atom. The van der Waals surface area contributed by atoms with Crippen molar-refractivity contribution < 1.29 is 28.6 Å². The lowest BCUT2D eigenvalue weighted by atomic mass is 10.0. The highest BCUT2D eigenvalue weighted by atomic mass is 16.6. The number of ether oxygens (including phenoxy) is 3. The van der Waals surface area contributed by atoms with E-state index < -0.39 is 6.10 Å². The van der Waals surface area contributed by atoms with Crippen LogP contribution in [0.5, 0.6) is 0 Å². The Morgan fingerprint density at radius 2 is 0.547 bits per heavy atom. The van der Waals surface area contributed by atoms with Gasteiger partial charge in [0.25, 0.3) is 0 Å². The molecule has 0 bridgehead atoms. The Kier molecular flexibility index (Phi) is 60.3. The van der Waals surface area contributed by atoms with E-state index in [-0.39, 0.29) is 37.5 Å². The molecular weight excluding hydrogens is 925 g/mol. The zero-order valence-corrected chi connectivity index (χ0v) is 49.6. The van der Waals surface area contributed by atoms with Gasteiger partial charge < -0.3 is 14.2 Å². The van der Waals surface area contributed by atoms with E-state index in [2.05, 4.69) is 99.8 Å². The molecular formula is C69H120O6. The van der Waals surface area contributed by atoms with Gasteiger partial charge in [-0.2, -0.15) is 0 Å². The molecule has 432 valence electrons. The molecule has 0 N–H and O–H groups in total. The topological polar surface area (TPSA) is 78.9 Å². The molecule has 0 spiro atoms. The normalized spacial score (nSPS) is 12.6. The SMILES string of the molecule is CC/C=C\C/C=C\C/C=C\C/C=C\C/C=C\C/C=C\CCC(=O)OC[C@H](COC(=O)CCCCCCCCCCC/C=C\CCCCCCCC)OC(=O)CCCCCCCCCCCCCCCCCCCCC. The van der Waals surface area contributed by atoms with Gasteiger partial charge >= 0.3 is 17.9 Å². The van der Waals surface area contributed by atoms with Gasteiger partial charge in [0.05, 0.1) is 0 Å². The predicted molar refractivity (Wildman–Crippen MR) is 325 cm³/mol. The number of carbonyl (C=O) groups is 3. The van der Waals surface area contributed by atoms with Crippen molar-refractivity contribution in [2.75, 3.05) is 13.2 Å². The summed E-state index contributed by atoms with van der Waals surface area (Å²) in [6, 6.07) is 0. The first-order chi connectivity index (χ1) is 37.0. The van der Waals surface area contributed by atoms with E-state index in [1.807, 2.05) is 6.08 Å². The summed E-state index contributed by atoms with van der Waals surface area (Å²) in [5.41, 5.74) is 0. The maximum atomic E-state index is 12.9. The van der Waals surface area contributed by atoms with Crippen LogP contribution >= 0.6 is 0 Å². The third-order valence-corrected chi connectivity index (χ3v) is 13.9. The fourth-order valence-corrected chi connectivity index (χ4v) is 9.11. The molecule has 0 rings (SSSR count). The minimum atomic E-state index is -0.808. The van der Waals surface area contributed by atoms with Gasteiger partial charge in [-0.05, 0) is 83.5 Å². The summed E-state index contributed by atoms with van der Waals surface area (Å²) < 4.78 is 16.9. The van der Waals surface area contributed by atoms with Crippen LogP contribution in [0.15, 0.2) is 85.1 Å². The minimum absolute atomic E-state index is 0.0981. The summed E-state index contributed by atoms with van der Waals surface area (Å²) in [6.07, 6.45) is 83.1. The fraction of sp³-hybridized carbons (Fsp3) is 0.754. The van der Waals surface area contributed by atoms with Crippen molar-refractivity contribution in [1.82, 2.24) is 0 Å². The smallest absolute Gasteiger partial charge is 0.306 e. The molecule has 0 aliphatic heterocycles. The van der Waals surface area contributed by atoms with Gasteiger partial charge in [0.2, 0.25) is 0 Å². The molecule has 0 aliphatic carbocycles. The molecule has 1 atom stereocenters. The molecule has 0 fully saturated rings. The van der Waals surface area contributed by atoms with Crippen LogP contribution in [0.25, 0.3) is 0 Å². The Bertz CT molecular complexity index is 1430. The zero-order chi connectivity index (χ0) is 54.3. The molecule has 75 heavy (non-hydrogen) atoms. The molecule has 0 amide bonds. The zero-order valence-electron chi connectivity index (χ0n) is 49.6. The van der Waals surface area contributed by atoms with Crippen LogP contribution in [-0.2, 0) is 28.6 Å². The Balaban J connectivity index is 4.46. The predicted octanol–water partition coefficient (Wildman–Crippen LogP) is 21.9. The van der Waals surface area contributed by atoms with Crippen molar-refractivity contribution in [1.29, 1.82) is 0 Å². The molecule has 0 radical (unpaired) electrons. The van der Waals surface area contributed by atoms with E-state index in [1.54, 1.807) is 0 Å². The summed E-state index contributed by atoms with van der Waals surface area (Å²) in [5.74, 6) is -0.973. The molecule has 0 aromatic carbocycles. The lowest BCUT2D eigenvalue weighted by Gasteiger charge is -2.18. The first-order valence-electron chi connectivity index (χ1n) is 32.1. The average Bonchev–Trinajstić information content (AvgIpc) is 3.41. The molecule has 0 heterocycles. The van der Waals surface area contributed by atoms with Crippen molar-refractivity contribution in [2.45, 2.75) is 322 Å². The van der Waals surface area contributed by atoms with Crippen molar-refractivity contribution >= 4 is 17.9 Å². The number of esters is 3. The van der Waals surface area contributed by atoms with Crippen LogP contribution in [0.2, 0.25) is 0 Å². The van der Waals surface area contributed by atoms with Crippen LogP contribution in [0, 0.1) is 0 Å². The summed E-state index contributed by atoms with van der Waals surface area (Å²) in [6.45, 7) is 6.50. The van der Waals surface area contributed by atoms with Gasteiger partial charge in [-0.1, -0.05) is 298 Å². The maximum absolute atomic E-state index is 12.9. The maximum Gasteiger partial charge on any atom is 0.306 e. The van der Waals surface area contributed by atoms with Gasteiger partial charge in [-0.15, -0.1) is 0 Å². The second-order valence-electron chi connectivity index (χ2n) is 21.3. The number of allylic oxidation sites excluding steroid dienone is 14. The molecule has 0 saturated heterocycles. The fourth-order valence-electron chi connectivity index (χ4n) is 9.11. The van der Waals surface area contributed by atoms with Crippen LogP contribution in [0.3, 0.4) is 0 Å². The van der Waals surface area contributed by atoms with Crippen molar-refractivity contribution in [3.05, 3.63) is 85.1 Å². The first-order valence-corrected chi connectivity index (χ1v) is 32.1. The van der Waals surface area contributed by atoms with Crippen molar-refractivity contribution in [3.63, 3.8) is 0 Å². The van der Waals surface area contributed by atoms with E-state index >= 15 is 0 Å². The monoisotopic (exact) mass is 1040 g/mol. The highest BCUT2D eigenvalue weighted by Crippen LogP contribution is 2.17. The summed E-state index contributed by atoms with van der Waals surface area (Å²) >= 11 is 0. The van der Waals surface area contributed by atoms with Crippen LogP contribution in [0.4, 0.5) is 0 Å². The van der Waals surface area contributed by atoms with E-state index in [1.165, 1.54) is 193 Å². The minimum Gasteiger partial charge on any atom is -0.462 e. The average molecular weight is 1050 g/mol. The van der Waals surface area contributed by atoms with E-state index in [0.29, 0.717) is 19.3 Å². The first kappa shape index (κ1) is 71.6. The summed E-state index contributed by atoms with van der Waals surface area (Å²) in [5, 5.41) is 0. The van der Waals surface area contributed by atoms with E-state index in [9.17, 15) is 14.4 Å². The van der Waals surface area contributed by atoms with Gasteiger partial charge in [-0.25, -0.2) is 0 Å². The molecule has 0 unspecified atom stereocenters. The number of hydrogen-bond donors (Lipinski definition) is 0. The van der Waals surface area contributed by atoms with Crippen molar-refractivity contribution in [2.24, 2.45) is 0 Å². The number of unbranched alkanes of at least 4 members (excludes halogenated alkanes) is 33. The van der Waals surface area contributed by atoms with E-state index in [0.717, 1.165) is 77.0 Å². The number of carbonyl (C=O) groups excluding carboxylic acids is 3. The second-order valence-corrected chi connectivity index (χ2v) is 21.3. The standard InChI is InChI=1S/C69H120O6/c1-4-7-10-13-16-19-22-25-28-31-34-37-40-43-46-49-52-55-58-61-67(70)73-64-66(75-69(72)63-60-57-54-51-48-45-42-39-36-33-30-27-24-21-18-15-12-9-6-3)65-74-68(71)62-59-56-53-50-47-44-41-38-35-32-29-26-23-20-17-14-11-8-5-2/h7,10,16,19,25-26,28-29,34,37,43,46,52,55,66H,4-6,8-9,11-15,17-18,20-24,27,30-33,35-36,38-42,44-45,47-51,53-54,56-65H2,1-3H3/b10-7-,19-16-,28-25-,29-26-,37-34-,46-43-,55-52-/t66-/m1/s1. The molecule has 0 aromatic heterocycles. The van der Waals surface area contributed by atoms with Crippen molar-refractivity contribution in [3.8, 4) is 0 Å². The molecule has 0 aromatic rings. The summed E-state index contributed by atoms with van der Waals surface area (Å²) in [4.78, 5) is 38.3. The molecule has 0 saturated carbocycles.